The topological polar surface area (TPSA) is 39.7 Å². The summed E-state index contributed by atoms with van der Waals surface area (Å²) in [6.07, 6.45) is 3.81. The van der Waals surface area contributed by atoms with E-state index in [-0.39, 0.29) is 0 Å². The third-order valence-corrected chi connectivity index (χ3v) is 4.88. The molecule has 0 aliphatic carbocycles. The molecule has 1 aromatic heterocycles. The van der Waals surface area contributed by atoms with Gasteiger partial charge in [-0.05, 0) is 43.2 Å². The Balaban J connectivity index is 1.44. The van der Waals surface area contributed by atoms with E-state index in [9.17, 15) is 0 Å². The molecular weight excluding hydrogens is 268 g/mol. The fraction of sp³-hybridized carbons (Fsp3) is 0.667. The minimum atomic E-state index is 0.745. The number of hydrogen-bond acceptors (Lipinski definition) is 5. The Morgan fingerprint density at radius 1 is 1.45 bits per heavy atom. The molecular formula is C15H24N4S. The Hall–Kier alpha value is -1.07. The van der Waals surface area contributed by atoms with Crippen molar-refractivity contribution in [2.24, 2.45) is 10.9 Å². The van der Waals surface area contributed by atoms with Crippen molar-refractivity contribution < 1.29 is 0 Å². The normalized spacial score (nSPS) is 24.0. The predicted molar refractivity (Wildman–Crippen MR) is 85.2 cm³/mol. The molecule has 2 N–H and O–H groups in total. The molecule has 4 nitrogen and oxygen atoms in total. The van der Waals surface area contributed by atoms with Gasteiger partial charge in [-0.15, -0.1) is 11.3 Å². The van der Waals surface area contributed by atoms with Crippen LogP contribution in [0.25, 0.3) is 0 Å². The van der Waals surface area contributed by atoms with Crippen molar-refractivity contribution >= 4 is 17.3 Å². The number of rotatable bonds is 4. The SMILES string of the molecule is c1csc(CN2CCCC(CNC3=NCCCN3)C2)c1. The first-order valence-corrected chi connectivity index (χ1v) is 8.55. The van der Waals surface area contributed by atoms with Crippen molar-refractivity contribution in [2.75, 3.05) is 32.7 Å². The number of hydrogen-bond donors (Lipinski definition) is 2. The number of aliphatic imine (C=N–C) groups is 1. The lowest BCUT2D eigenvalue weighted by atomic mass is 9.98. The zero-order chi connectivity index (χ0) is 13.6. The first kappa shape index (κ1) is 13.9. The molecule has 3 heterocycles. The molecule has 0 radical (unpaired) electrons. The van der Waals surface area contributed by atoms with Crippen LogP contribution in [0.15, 0.2) is 22.5 Å². The first-order valence-electron chi connectivity index (χ1n) is 7.67. The van der Waals surface area contributed by atoms with E-state index in [0.29, 0.717) is 0 Å². The first-order chi connectivity index (χ1) is 9.90. The Morgan fingerprint density at radius 2 is 2.45 bits per heavy atom. The summed E-state index contributed by atoms with van der Waals surface area (Å²) in [6, 6.07) is 4.39. The molecule has 0 saturated carbocycles. The van der Waals surface area contributed by atoms with E-state index in [4.69, 9.17) is 0 Å². The molecule has 1 saturated heterocycles. The van der Waals surface area contributed by atoms with E-state index in [1.165, 1.54) is 30.8 Å². The van der Waals surface area contributed by atoms with Crippen molar-refractivity contribution in [3.63, 3.8) is 0 Å². The molecule has 0 amide bonds. The second-order valence-electron chi connectivity index (χ2n) is 5.71. The average Bonchev–Trinajstić information content (AvgIpc) is 3.00. The number of guanidine groups is 1. The number of nitrogens with zero attached hydrogens (tertiary/aromatic N) is 2. The predicted octanol–water partition coefficient (Wildman–Crippen LogP) is 1.90. The maximum atomic E-state index is 4.48. The molecule has 20 heavy (non-hydrogen) atoms. The van der Waals surface area contributed by atoms with Crippen LogP contribution in [0.5, 0.6) is 0 Å². The smallest absolute Gasteiger partial charge is 0.191 e. The number of likely N-dealkylation sites (tertiary alicyclic amines) is 1. The van der Waals surface area contributed by atoms with Crippen LogP contribution in [-0.2, 0) is 6.54 Å². The molecule has 110 valence electrons. The second kappa shape index (κ2) is 7.09. The monoisotopic (exact) mass is 292 g/mol. The lowest BCUT2D eigenvalue weighted by molar-refractivity contribution is 0.169. The van der Waals surface area contributed by atoms with Crippen molar-refractivity contribution in [3.05, 3.63) is 22.4 Å². The third-order valence-electron chi connectivity index (χ3n) is 4.02. The zero-order valence-electron chi connectivity index (χ0n) is 12.0. The summed E-state index contributed by atoms with van der Waals surface area (Å²) in [5, 5.41) is 8.99. The highest BCUT2D eigenvalue weighted by molar-refractivity contribution is 7.09. The van der Waals surface area contributed by atoms with Crippen LogP contribution in [0.3, 0.4) is 0 Å². The summed E-state index contributed by atoms with van der Waals surface area (Å²) in [7, 11) is 0. The van der Waals surface area contributed by atoms with Gasteiger partial charge in [0.15, 0.2) is 5.96 Å². The summed E-state index contributed by atoms with van der Waals surface area (Å²) >= 11 is 1.87. The summed E-state index contributed by atoms with van der Waals surface area (Å²) in [5.41, 5.74) is 0. The minimum Gasteiger partial charge on any atom is -0.356 e. The standard InChI is InChI=1S/C15H24N4S/c1-4-13(10-18-15-16-6-3-7-17-15)11-19(8-1)12-14-5-2-9-20-14/h2,5,9,13H,1,3-4,6-8,10-12H2,(H2,16,17,18). The molecule has 5 heteroatoms. The summed E-state index contributed by atoms with van der Waals surface area (Å²) in [6.45, 7) is 6.64. The molecule has 0 bridgehead atoms. The average molecular weight is 292 g/mol. The van der Waals surface area contributed by atoms with Crippen molar-refractivity contribution in [3.8, 4) is 0 Å². The van der Waals surface area contributed by atoms with Gasteiger partial charge < -0.3 is 10.6 Å². The Labute approximate surface area is 125 Å². The summed E-state index contributed by atoms with van der Waals surface area (Å²) in [4.78, 5) is 8.55. The number of thiophene rings is 1. The minimum absolute atomic E-state index is 0.745. The molecule has 0 spiro atoms. The zero-order valence-corrected chi connectivity index (χ0v) is 12.8. The van der Waals surface area contributed by atoms with Crippen LogP contribution in [0.4, 0.5) is 0 Å². The molecule has 0 aromatic carbocycles. The molecule has 1 fully saturated rings. The van der Waals surface area contributed by atoms with Crippen molar-refractivity contribution in [1.29, 1.82) is 0 Å². The van der Waals surface area contributed by atoms with Crippen LogP contribution in [0, 0.1) is 5.92 Å². The lowest BCUT2D eigenvalue weighted by Crippen LogP contribution is -2.45. The highest BCUT2D eigenvalue weighted by Gasteiger charge is 2.20. The van der Waals surface area contributed by atoms with E-state index in [0.717, 1.165) is 44.5 Å². The van der Waals surface area contributed by atoms with Gasteiger partial charge in [-0.1, -0.05) is 6.07 Å². The molecule has 1 unspecified atom stereocenters. The maximum absolute atomic E-state index is 4.48. The Kier molecular flexibility index (Phi) is 4.92. The van der Waals surface area contributed by atoms with Crippen molar-refractivity contribution in [1.82, 2.24) is 15.5 Å². The van der Waals surface area contributed by atoms with E-state index in [1.54, 1.807) is 0 Å². The largest absolute Gasteiger partial charge is 0.356 e. The molecule has 1 aromatic rings. The van der Waals surface area contributed by atoms with Crippen LogP contribution >= 0.6 is 11.3 Å². The fourth-order valence-electron chi connectivity index (χ4n) is 2.98. The molecule has 1 atom stereocenters. The van der Waals surface area contributed by atoms with Gasteiger partial charge in [-0.25, -0.2) is 0 Å². The summed E-state index contributed by atoms with van der Waals surface area (Å²) in [5.74, 6) is 1.75. The van der Waals surface area contributed by atoms with Gasteiger partial charge in [-0.3, -0.25) is 9.89 Å². The second-order valence-corrected chi connectivity index (χ2v) is 6.75. The van der Waals surface area contributed by atoms with Crippen LogP contribution in [0.1, 0.15) is 24.1 Å². The van der Waals surface area contributed by atoms with E-state index >= 15 is 0 Å². The molecule has 3 rings (SSSR count). The van der Waals surface area contributed by atoms with Gasteiger partial charge in [0.05, 0.1) is 0 Å². The highest BCUT2D eigenvalue weighted by Crippen LogP contribution is 2.19. The van der Waals surface area contributed by atoms with Gasteiger partial charge in [0.25, 0.3) is 0 Å². The van der Waals surface area contributed by atoms with E-state index in [2.05, 4.69) is 38.0 Å². The van der Waals surface area contributed by atoms with E-state index < -0.39 is 0 Å². The summed E-state index contributed by atoms with van der Waals surface area (Å²) < 4.78 is 0. The molecule has 2 aliphatic heterocycles. The van der Waals surface area contributed by atoms with Gasteiger partial charge >= 0.3 is 0 Å². The van der Waals surface area contributed by atoms with Gasteiger partial charge in [-0.2, -0.15) is 0 Å². The van der Waals surface area contributed by atoms with Crippen LogP contribution in [-0.4, -0.2) is 43.6 Å². The van der Waals surface area contributed by atoms with Gasteiger partial charge in [0.1, 0.15) is 0 Å². The van der Waals surface area contributed by atoms with E-state index in [1.807, 2.05) is 11.3 Å². The fourth-order valence-corrected chi connectivity index (χ4v) is 3.72. The van der Waals surface area contributed by atoms with Crippen LogP contribution < -0.4 is 10.6 Å². The highest BCUT2D eigenvalue weighted by atomic mass is 32.1. The van der Waals surface area contributed by atoms with Crippen LogP contribution in [0.2, 0.25) is 0 Å². The molecule has 2 aliphatic rings. The number of piperidine rings is 1. The van der Waals surface area contributed by atoms with Crippen molar-refractivity contribution in [2.45, 2.75) is 25.8 Å². The van der Waals surface area contributed by atoms with Gasteiger partial charge in [0.2, 0.25) is 0 Å². The lowest BCUT2D eigenvalue weighted by Gasteiger charge is -2.33. The maximum Gasteiger partial charge on any atom is 0.191 e. The third kappa shape index (κ3) is 3.96. The Morgan fingerprint density at radius 3 is 3.25 bits per heavy atom. The van der Waals surface area contributed by atoms with Gasteiger partial charge in [0, 0.05) is 37.6 Å². The Bertz CT molecular complexity index is 429. The number of nitrogens with one attached hydrogen (secondary N) is 2. The quantitative estimate of drug-likeness (QED) is 0.890.